The number of pyridine rings is 1. The van der Waals surface area contributed by atoms with Crippen LogP contribution in [-0.4, -0.2) is 24.3 Å². The van der Waals surface area contributed by atoms with Gasteiger partial charge in [0.15, 0.2) is 0 Å². The highest BCUT2D eigenvalue weighted by Gasteiger charge is 2.16. The van der Waals surface area contributed by atoms with Crippen LogP contribution >= 0.6 is 11.8 Å². The number of carbonyl (C=O) groups excluding carboxylic acids is 1. The standard InChI is InChI=1S/C23H23NO3S/c1-26-23(25)19-11-12-21(24-15-19)22(27-16-17-7-4-3-5-8-17)14-18-9-6-10-20(13-18)28-2/h3-13,15,22H,14,16H2,1-2H3. The number of ether oxygens (including phenoxy) is 2. The molecule has 0 radical (unpaired) electrons. The third-order valence-corrected chi connectivity index (χ3v) is 5.11. The predicted octanol–water partition coefficient (Wildman–Crippen LogP) is 5.09. The molecule has 0 amide bonds. The number of hydrogen-bond donors (Lipinski definition) is 0. The van der Waals surface area contributed by atoms with Crippen LogP contribution in [0.3, 0.4) is 0 Å². The lowest BCUT2D eigenvalue weighted by molar-refractivity contribution is 0.0369. The van der Waals surface area contributed by atoms with Gasteiger partial charge < -0.3 is 9.47 Å². The topological polar surface area (TPSA) is 48.4 Å². The van der Waals surface area contributed by atoms with Crippen LogP contribution in [0.25, 0.3) is 0 Å². The van der Waals surface area contributed by atoms with Gasteiger partial charge in [-0.25, -0.2) is 4.79 Å². The second-order valence-corrected chi connectivity index (χ2v) is 7.18. The Hall–Kier alpha value is -2.63. The molecule has 0 aliphatic carbocycles. The van der Waals surface area contributed by atoms with Crippen molar-refractivity contribution >= 4 is 17.7 Å². The summed E-state index contributed by atoms with van der Waals surface area (Å²) in [7, 11) is 1.36. The summed E-state index contributed by atoms with van der Waals surface area (Å²) in [5.41, 5.74) is 3.51. The molecule has 0 saturated heterocycles. The average molecular weight is 394 g/mol. The zero-order chi connectivity index (χ0) is 19.8. The lowest BCUT2D eigenvalue weighted by atomic mass is 10.0. The molecule has 0 saturated carbocycles. The Morgan fingerprint density at radius 3 is 2.50 bits per heavy atom. The van der Waals surface area contributed by atoms with Gasteiger partial charge in [0.1, 0.15) is 6.10 Å². The molecule has 0 bridgehead atoms. The van der Waals surface area contributed by atoms with E-state index in [4.69, 9.17) is 9.47 Å². The summed E-state index contributed by atoms with van der Waals surface area (Å²) < 4.78 is 11.0. The number of aromatic nitrogens is 1. The monoisotopic (exact) mass is 393 g/mol. The summed E-state index contributed by atoms with van der Waals surface area (Å²) in [5, 5.41) is 0. The Labute approximate surface area is 169 Å². The van der Waals surface area contributed by atoms with E-state index in [9.17, 15) is 4.79 Å². The summed E-state index contributed by atoms with van der Waals surface area (Å²) >= 11 is 1.72. The fourth-order valence-electron chi connectivity index (χ4n) is 2.87. The molecule has 3 rings (SSSR count). The van der Waals surface area contributed by atoms with Crippen molar-refractivity contribution in [1.29, 1.82) is 0 Å². The van der Waals surface area contributed by atoms with Crippen LogP contribution in [0.2, 0.25) is 0 Å². The number of rotatable bonds is 8. The summed E-state index contributed by atoms with van der Waals surface area (Å²) in [5.74, 6) is -0.395. The van der Waals surface area contributed by atoms with Crippen molar-refractivity contribution in [2.45, 2.75) is 24.0 Å². The molecule has 0 N–H and O–H groups in total. The van der Waals surface area contributed by atoms with Crippen molar-refractivity contribution in [3.63, 3.8) is 0 Å². The van der Waals surface area contributed by atoms with Gasteiger partial charge in [0.05, 0.1) is 25.0 Å². The maximum absolute atomic E-state index is 11.7. The summed E-state index contributed by atoms with van der Waals surface area (Å²) in [6.45, 7) is 0.494. The fourth-order valence-corrected chi connectivity index (χ4v) is 3.35. The number of methoxy groups -OCH3 is 1. The fraction of sp³-hybridized carbons (Fsp3) is 0.217. The van der Waals surface area contributed by atoms with Crippen molar-refractivity contribution in [3.05, 3.63) is 95.3 Å². The molecule has 0 spiro atoms. The molecule has 144 valence electrons. The number of esters is 1. The molecule has 3 aromatic rings. The van der Waals surface area contributed by atoms with Gasteiger partial charge in [-0.05, 0) is 41.6 Å². The van der Waals surface area contributed by atoms with Gasteiger partial charge in [0.2, 0.25) is 0 Å². The van der Waals surface area contributed by atoms with E-state index in [-0.39, 0.29) is 6.10 Å². The van der Waals surface area contributed by atoms with Gasteiger partial charge >= 0.3 is 5.97 Å². The minimum atomic E-state index is -0.395. The van der Waals surface area contributed by atoms with Crippen LogP contribution in [0.4, 0.5) is 0 Å². The maximum Gasteiger partial charge on any atom is 0.339 e. The zero-order valence-corrected chi connectivity index (χ0v) is 16.8. The number of hydrogen-bond acceptors (Lipinski definition) is 5. The molecule has 4 nitrogen and oxygen atoms in total. The van der Waals surface area contributed by atoms with Gasteiger partial charge in [0, 0.05) is 17.5 Å². The Morgan fingerprint density at radius 2 is 1.82 bits per heavy atom. The van der Waals surface area contributed by atoms with Gasteiger partial charge in [-0.3, -0.25) is 4.98 Å². The molecular formula is C23H23NO3S. The van der Waals surface area contributed by atoms with Crippen molar-refractivity contribution in [3.8, 4) is 0 Å². The first-order chi connectivity index (χ1) is 13.7. The zero-order valence-electron chi connectivity index (χ0n) is 16.0. The molecule has 28 heavy (non-hydrogen) atoms. The second kappa shape index (κ2) is 10.1. The average Bonchev–Trinajstić information content (AvgIpc) is 2.77. The minimum Gasteiger partial charge on any atom is -0.465 e. The highest BCUT2D eigenvalue weighted by Crippen LogP contribution is 2.25. The molecule has 1 heterocycles. The lowest BCUT2D eigenvalue weighted by Crippen LogP contribution is -2.11. The van der Waals surface area contributed by atoms with Gasteiger partial charge in [-0.2, -0.15) is 0 Å². The SMILES string of the molecule is COC(=O)c1ccc(C(Cc2cccc(SC)c2)OCc2ccccc2)nc1. The van der Waals surface area contributed by atoms with E-state index in [0.29, 0.717) is 18.6 Å². The molecule has 0 fully saturated rings. The van der Waals surface area contributed by atoms with Crippen LogP contribution in [0.15, 0.2) is 77.8 Å². The van der Waals surface area contributed by atoms with E-state index in [1.54, 1.807) is 24.0 Å². The first-order valence-electron chi connectivity index (χ1n) is 9.02. The van der Waals surface area contributed by atoms with Crippen molar-refractivity contribution in [2.24, 2.45) is 0 Å². The second-order valence-electron chi connectivity index (χ2n) is 6.30. The van der Waals surface area contributed by atoms with E-state index < -0.39 is 5.97 Å². The van der Waals surface area contributed by atoms with Crippen molar-refractivity contribution in [2.75, 3.05) is 13.4 Å². The molecule has 5 heteroatoms. The van der Waals surface area contributed by atoms with Crippen LogP contribution < -0.4 is 0 Å². The highest BCUT2D eigenvalue weighted by atomic mass is 32.2. The highest BCUT2D eigenvalue weighted by molar-refractivity contribution is 7.98. The van der Waals surface area contributed by atoms with E-state index in [1.165, 1.54) is 17.6 Å². The Bertz CT molecular complexity index is 897. The molecule has 1 unspecified atom stereocenters. The summed E-state index contributed by atoms with van der Waals surface area (Å²) in [4.78, 5) is 17.4. The molecule has 0 aliphatic rings. The van der Waals surface area contributed by atoms with E-state index in [2.05, 4.69) is 35.5 Å². The van der Waals surface area contributed by atoms with E-state index >= 15 is 0 Å². The molecule has 0 aliphatic heterocycles. The molecule has 1 atom stereocenters. The van der Waals surface area contributed by atoms with E-state index in [0.717, 1.165) is 11.3 Å². The Balaban J connectivity index is 1.81. The number of nitrogens with zero attached hydrogens (tertiary/aromatic N) is 1. The third kappa shape index (κ3) is 5.44. The predicted molar refractivity (Wildman–Crippen MR) is 111 cm³/mol. The summed E-state index contributed by atoms with van der Waals surface area (Å²) in [6, 6.07) is 22.1. The third-order valence-electron chi connectivity index (χ3n) is 4.39. The lowest BCUT2D eigenvalue weighted by Gasteiger charge is -2.18. The Kier molecular flexibility index (Phi) is 7.23. The van der Waals surface area contributed by atoms with Gasteiger partial charge in [-0.1, -0.05) is 42.5 Å². The van der Waals surface area contributed by atoms with Crippen LogP contribution in [0.5, 0.6) is 0 Å². The number of carbonyl (C=O) groups is 1. The molecule has 2 aromatic carbocycles. The smallest absolute Gasteiger partial charge is 0.339 e. The van der Waals surface area contributed by atoms with Crippen molar-refractivity contribution in [1.82, 2.24) is 4.98 Å². The van der Waals surface area contributed by atoms with Crippen LogP contribution in [0, 0.1) is 0 Å². The first-order valence-corrected chi connectivity index (χ1v) is 10.2. The number of benzene rings is 2. The quantitative estimate of drug-likeness (QED) is 0.394. The van der Waals surface area contributed by atoms with Crippen molar-refractivity contribution < 1.29 is 14.3 Å². The number of thioether (sulfide) groups is 1. The minimum absolute atomic E-state index is 0.219. The normalized spacial score (nSPS) is 11.8. The van der Waals surface area contributed by atoms with Crippen LogP contribution in [-0.2, 0) is 22.5 Å². The summed E-state index contributed by atoms with van der Waals surface area (Å²) in [6.07, 6.45) is 4.09. The largest absolute Gasteiger partial charge is 0.465 e. The Morgan fingerprint density at radius 1 is 1.04 bits per heavy atom. The maximum atomic E-state index is 11.7. The van der Waals surface area contributed by atoms with Gasteiger partial charge in [-0.15, -0.1) is 11.8 Å². The first kappa shape index (κ1) is 20.1. The van der Waals surface area contributed by atoms with Gasteiger partial charge in [0.25, 0.3) is 0 Å². The van der Waals surface area contributed by atoms with Crippen LogP contribution in [0.1, 0.15) is 33.3 Å². The molecule has 1 aromatic heterocycles. The molecular weight excluding hydrogens is 370 g/mol. The van der Waals surface area contributed by atoms with E-state index in [1.807, 2.05) is 36.4 Å².